The van der Waals surface area contributed by atoms with Crippen molar-refractivity contribution in [2.45, 2.75) is 25.5 Å². The molecule has 6 nitrogen and oxygen atoms in total. The Balaban J connectivity index is 2.43. The van der Waals surface area contributed by atoms with Gasteiger partial charge in [-0.1, -0.05) is 30.3 Å². The molecule has 0 heterocycles. The number of rotatable bonds is 7. The molecular formula is C14H19NO5. The van der Waals surface area contributed by atoms with Crippen LogP contribution in [0.4, 0.5) is 4.79 Å². The molecule has 0 aliphatic carbocycles. The fraction of sp³-hybridized carbons (Fsp3) is 0.429. The number of ether oxygens (including phenoxy) is 2. The van der Waals surface area contributed by atoms with Crippen molar-refractivity contribution in [3.63, 3.8) is 0 Å². The van der Waals surface area contributed by atoms with E-state index in [2.05, 4.69) is 10.1 Å². The zero-order chi connectivity index (χ0) is 14.8. The summed E-state index contributed by atoms with van der Waals surface area (Å²) in [5.74, 6) is -0.560. The van der Waals surface area contributed by atoms with Gasteiger partial charge in [-0.25, -0.2) is 9.59 Å². The molecule has 0 aromatic heterocycles. The number of benzene rings is 1. The molecular weight excluding hydrogens is 262 g/mol. The summed E-state index contributed by atoms with van der Waals surface area (Å²) in [5, 5.41) is 11.2. The van der Waals surface area contributed by atoms with E-state index in [4.69, 9.17) is 9.84 Å². The van der Waals surface area contributed by atoms with E-state index in [1.807, 2.05) is 30.3 Å². The zero-order valence-corrected chi connectivity index (χ0v) is 11.4. The highest BCUT2D eigenvalue weighted by atomic mass is 16.6. The van der Waals surface area contributed by atoms with Crippen LogP contribution >= 0.6 is 0 Å². The molecule has 2 N–H and O–H groups in total. The van der Waals surface area contributed by atoms with Crippen molar-refractivity contribution in [1.82, 2.24) is 5.32 Å². The molecule has 0 aliphatic rings. The minimum Gasteiger partial charge on any atom is -0.467 e. The van der Waals surface area contributed by atoms with E-state index in [1.54, 1.807) is 0 Å². The van der Waals surface area contributed by atoms with Crippen LogP contribution in [0.1, 0.15) is 18.4 Å². The second-order valence-corrected chi connectivity index (χ2v) is 4.15. The highest BCUT2D eigenvalue weighted by molar-refractivity contribution is 5.81. The second kappa shape index (κ2) is 8.92. The van der Waals surface area contributed by atoms with E-state index in [-0.39, 0.29) is 13.2 Å². The van der Waals surface area contributed by atoms with Crippen molar-refractivity contribution in [1.29, 1.82) is 0 Å². The summed E-state index contributed by atoms with van der Waals surface area (Å²) < 4.78 is 9.60. The molecule has 0 bridgehead atoms. The lowest BCUT2D eigenvalue weighted by Gasteiger charge is -2.15. The van der Waals surface area contributed by atoms with Crippen LogP contribution in [0.3, 0.4) is 0 Å². The highest BCUT2D eigenvalue weighted by Crippen LogP contribution is 2.03. The molecule has 1 unspecified atom stereocenters. The van der Waals surface area contributed by atoms with Crippen LogP contribution < -0.4 is 5.32 Å². The number of carbonyl (C=O) groups excluding carboxylic acids is 2. The number of nitrogens with one attached hydrogen (secondary N) is 1. The normalized spacial score (nSPS) is 11.5. The molecule has 0 saturated carbocycles. The van der Waals surface area contributed by atoms with Crippen molar-refractivity contribution in [2.75, 3.05) is 13.7 Å². The van der Waals surface area contributed by atoms with E-state index >= 15 is 0 Å². The van der Waals surface area contributed by atoms with Crippen molar-refractivity contribution in [2.24, 2.45) is 0 Å². The van der Waals surface area contributed by atoms with Crippen molar-refractivity contribution < 1.29 is 24.2 Å². The first-order valence-electron chi connectivity index (χ1n) is 6.33. The van der Waals surface area contributed by atoms with Crippen LogP contribution in [0.25, 0.3) is 0 Å². The zero-order valence-electron chi connectivity index (χ0n) is 11.4. The lowest BCUT2D eigenvalue weighted by atomic mass is 10.1. The van der Waals surface area contributed by atoms with Gasteiger partial charge in [0.05, 0.1) is 7.11 Å². The third-order valence-electron chi connectivity index (χ3n) is 2.64. The minimum atomic E-state index is -0.810. The quantitative estimate of drug-likeness (QED) is 0.734. The molecule has 20 heavy (non-hydrogen) atoms. The first-order chi connectivity index (χ1) is 9.67. The highest BCUT2D eigenvalue weighted by Gasteiger charge is 2.21. The third-order valence-corrected chi connectivity index (χ3v) is 2.64. The van der Waals surface area contributed by atoms with Gasteiger partial charge in [-0.05, 0) is 18.4 Å². The Bertz CT molecular complexity index is 421. The van der Waals surface area contributed by atoms with Gasteiger partial charge >= 0.3 is 12.1 Å². The van der Waals surface area contributed by atoms with Crippen LogP contribution in [0.2, 0.25) is 0 Å². The van der Waals surface area contributed by atoms with Crippen LogP contribution in [0.5, 0.6) is 0 Å². The first kappa shape index (κ1) is 16.0. The maximum atomic E-state index is 11.6. The summed E-state index contributed by atoms with van der Waals surface area (Å²) >= 11 is 0. The van der Waals surface area contributed by atoms with Gasteiger partial charge in [-0.15, -0.1) is 0 Å². The molecule has 6 heteroatoms. The number of esters is 1. The van der Waals surface area contributed by atoms with Crippen LogP contribution in [0.15, 0.2) is 30.3 Å². The van der Waals surface area contributed by atoms with E-state index in [9.17, 15) is 9.59 Å². The summed E-state index contributed by atoms with van der Waals surface area (Å²) in [5.41, 5.74) is 0.854. The maximum Gasteiger partial charge on any atom is 0.408 e. The molecule has 0 spiro atoms. The van der Waals surface area contributed by atoms with Crippen LogP contribution in [-0.2, 0) is 20.9 Å². The monoisotopic (exact) mass is 281 g/mol. The van der Waals surface area contributed by atoms with E-state index in [0.717, 1.165) is 5.56 Å². The maximum absolute atomic E-state index is 11.6. The summed E-state index contributed by atoms with van der Waals surface area (Å²) in [6.45, 7) is 0.0643. The third kappa shape index (κ3) is 5.71. The van der Waals surface area contributed by atoms with Crippen molar-refractivity contribution >= 4 is 12.1 Å². The molecule has 1 amide bonds. The van der Waals surface area contributed by atoms with Crippen molar-refractivity contribution in [3.8, 4) is 0 Å². The van der Waals surface area contributed by atoms with Crippen LogP contribution in [0, 0.1) is 0 Å². The molecule has 110 valence electrons. The molecule has 1 aromatic carbocycles. The Morgan fingerprint density at radius 2 is 2.00 bits per heavy atom. The number of aliphatic hydroxyl groups excluding tert-OH is 1. The number of methoxy groups -OCH3 is 1. The predicted octanol–water partition coefficient (Wildman–Crippen LogP) is 1.23. The number of hydrogen-bond acceptors (Lipinski definition) is 5. The number of aliphatic hydroxyl groups is 1. The number of carbonyl (C=O) groups is 2. The van der Waals surface area contributed by atoms with Crippen LogP contribution in [-0.4, -0.2) is 36.9 Å². The SMILES string of the molecule is COC(=O)C(CCCO)NC(=O)OCc1ccccc1. The fourth-order valence-electron chi connectivity index (χ4n) is 1.59. The van der Waals surface area contributed by atoms with Gasteiger partial charge in [0.2, 0.25) is 0 Å². The summed E-state index contributed by atoms with van der Waals surface area (Å²) in [7, 11) is 1.24. The molecule has 0 radical (unpaired) electrons. The Kier molecular flexibility index (Phi) is 7.13. The average Bonchev–Trinajstić information content (AvgIpc) is 2.49. The van der Waals surface area contributed by atoms with Gasteiger partial charge < -0.3 is 19.9 Å². The molecule has 0 aliphatic heterocycles. The number of amides is 1. The van der Waals surface area contributed by atoms with Gasteiger partial charge in [0.15, 0.2) is 0 Å². The number of alkyl carbamates (subject to hydrolysis) is 1. The average molecular weight is 281 g/mol. The fourth-order valence-corrected chi connectivity index (χ4v) is 1.59. The minimum absolute atomic E-state index is 0.0613. The summed E-state index contributed by atoms with van der Waals surface area (Å²) in [6.07, 6.45) is -0.00953. The Morgan fingerprint density at radius 1 is 1.30 bits per heavy atom. The Labute approximate surface area is 117 Å². The Morgan fingerprint density at radius 3 is 2.60 bits per heavy atom. The summed E-state index contributed by atoms with van der Waals surface area (Å²) in [6, 6.07) is 8.40. The topological polar surface area (TPSA) is 84.9 Å². The molecule has 0 fully saturated rings. The standard InChI is InChI=1S/C14H19NO5/c1-19-13(17)12(8-5-9-16)15-14(18)20-10-11-6-3-2-4-7-11/h2-4,6-7,12,16H,5,8-10H2,1H3,(H,15,18). The van der Waals surface area contributed by atoms with E-state index in [1.165, 1.54) is 7.11 Å². The summed E-state index contributed by atoms with van der Waals surface area (Å²) in [4.78, 5) is 23.1. The molecule has 1 aromatic rings. The smallest absolute Gasteiger partial charge is 0.408 e. The van der Waals surface area contributed by atoms with Gasteiger partial charge in [0.1, 0.15) is 12.6 Å². The molecule has 0 saturated heterocycles. The van der Waals surface area contributed by atoms with Gasteiger partial charge in [-0.2, -0.15) is 0 Å². The van der Waals surface area contributed by atoms with Gasteiger partial charge in [-0.3, -0.25) is 0 Å². The second-order valence-electron chi connectivity index (χ2n) is 4.15. The largest absolute Gasteiger partial charge is 0.467 e. The molecule has 1 rings (SSSR count). The van der Waals surface area contributed by atoms with Gasteiger partial charge in [0, 0.05) is 6.61 Å². The Hall–Kier alpha value is -2.08. The first-order valence-corrected chi connectivity index (χ1v) is 6.33. The lowest BCUT2D eigenvalue weighted by molar-refractivity contribution is -0.143. The molecule has 1 atom stereocenters. The van der Waals surface area contributed by atoms with Crippen molar-refractivity contribution in [3.05, 3.63) is 35.9 Å². The lowest BCUT2D eigenvalue weighted by Crippen LogP contribution is -2.41. The van der Waals surface area contributed by atoms with E-state index in [0.29, 0.717) is 12.8 Å². The van der Waals surface area contributed by atoms with E-state index < -0.39 is 18.1 Å². The number of hydrogen-bond donors (Lipinski definition) is 2. The van der Waals surface area contributed by atoms with Gasteiger partial charge in [0.25, 0.3) is 0 Å². The predicted molar refractivity (Wildman–Crippen MR) is 71.9 cm³/mol.